The Morgan fingerprint density at radius 2 is 1.75 bits per heavy atom. The summed E-state index contributed by atoms with van der Waals surface area (Å²) in [7, 11) is 1.42. The number of nitrogens with zero attached hydrogens (tertiary/aromatic N) is 1. The number of rotatable bonds is 2. The molecule has 1 fully saturated rings. The molecule has 0 bridgehead atoms. The molecule has 1 saturated heterocycles. The van der Waals surface area contributed by atoms with Crippen LogP contribution in [0.4, 0.5) is 4.39 Å². The highest BCUT2D eigenvalue weighted by Crippen LogP contribution is 2.39. The quantitative estimate of drug-likeness (QED) is 0.484. The number of benzene rings is 2. The zero-order valence-electron chi connectivity index (χ0n) is 12.7. The first-order chi connectivity index (χ1) is 11.4. The Balaban J connectivity index is 2.20. The Morgan fingerprint density at radius 1 is 1.12 bits per heavy atom. The summed E-state index contributed by atoms with van der Waals surface area (Å²) in [6.45, 7) is 0. The van der Waals surface area contributed by atoms with Gasteiger partial charge >= 0.3 is 0 Å². The van der Waals surface area contributed by atoms with E-state index in [-0.39, 0.29) is 16.9 Å². The molecule has 0 aliphatic carbocycles. The Kier molecular flexibility index (Phi) is 4.24. The average Bonchev–Trinajstić information content (AvgIpc) is 2.79. The Hall–Kier alpha value is -2.47. The zero-order chi connectivity index (χ0) is 17.4. The van der Waals surface area contributed by atoms with Crippen LogP contribution in [-0.4, -0.2) is 28.7 Å². The second kappa shape index (κ2) is 6.20. The minimum absolute atomic E-state index is 0.116. The maximum absolute atomic E-state index is 14.2. The normalized spacial score (nSPS) is 19.8. The fourth-order valence-electron chi connectivity index (χ4n) is 2.77. The van der Waals surface area contributed by atoms with E-state index in [2.05, 4.69) is 15.9 Å². The van der Waals surface area contributed by atoms with E-state index >= 15 is 0 Å². The second-order valence-corrected chi connectivity index (χ2v) is 6.35. The van der Waals surface area contributed by atoms with Gasteiger partial charge in [0, 0.05) is 22.6 Å². The van der Waals surface area contributed by atoms with E-state index in [9.17, 15) is 19.1 Å². The molecule has 24 heavy (non-hydrogen) atoms. The summed E-state index contributed by atoms with van der Waals surface area (Å²) < 4.78 is 15.0. The van der Waals surface area contributed by atoms with E-state index in [1.807, 2.05) is 0 Å². The number of likely N-dealkylation sites (tertiary alicyclic amines) is 1. The summed E-state index contributed by atoms with van der Waals surface area (Å²) in [5.74, 6) is -2.47. The van der Waals surface area contributed by atoms with Gasteiger partial charge in [-0.2, -0.15) is 0 Å². The van der Waals surface area contributed by atoms with E-state index in [1.54, 1.807) is 30.3 Å². The fraction of sp³-hybridized carbons (Fsp3) is 0.111. The molecular weight excluding hydrogens is 377 g/mol. The molecule has 1 amide bonds. The maximum Gasteiger partial charge on any atom is 0.295 e. The minimum atomic E-state index is -0.963. The standard InChI is InChI=1S/C18H13BrFNO3/c1-21-15(12-4-2-3-5-13(12)20)14(17(23)18(21)24)16(22)10-6-8-11(19)9-7-10/h2-9,15,22H,1H3/t15-/m1/s1. The molecule has 3 rings (SSSR count). The summed E-state index contributed by atoms with van der Waals surface area (Å²) in [5, 5.41) is 10.6. The molecule has 0 saturated carbocycles. The molecule has 0 aromatic heterocycles. The molecule has 1 N–H and O–H groups in total. The molecule has 1 aliphatic heterocycles. The molecule has 2 aromatic carbocycles. The highest BCUT2D eigenvalue weighted by molar-refractivity contribution is 9.10. The van der Waals surface area contributed by atoms with Gasteiger partial charge in [-0.1, -0.05) is 46.3 Å². The monoisotopic (exact) mass is 389 g/mol. The van der Waals surface area contributed by atoms with Crippen LogP contribution in [0, 0.1) is 5.82 Å². The van der Waals surface area contributed by atoms with Gasteiger partial charge in [-0.05, 0) is 18.2 Å². The number of halogens is 2. The topological polar surface area (TPSA) is 57.6 Å². The third kappa shape index (κ3) is 2.63. The van der Waals surface area contributed by atoms with Crippen LogP contribution < -0.4 is 0 Å². The van der Waals surface area contributed by atoms with Crippen LogP contribution in [0.3, 0.4) is 0 Å². The number of aliphatic hydroxyl groups excluding tert-OH is 1. The number of hydrogen-bond acceptors (Lipinski definition) is 3. The van der Waals surface area contributed by atoms with Gasteiger partial charge < -0.3 is 10.0 Å². The SMILES string of the molecule is CN1C(=O)C(=O)C(=C(O)c2ccc(Br)cc2)[C@H]1c1ccccc1F. The smallest absolute Gasteiger partial charge is 0.295 e. The van der Waals surface area contributed by atoms with Crippen molar-refractivity contribution in [1.82, 2.24) is 4.90 Å². The summed E-state index contributed by atoms with van der Waals surface area (Å²) in [4.78, 5) is 25.6. The summed E-state index contributed by atoms with van der Waals surface area (Å²) in [6.07, 6.45) is 0. The largest absolute Gasteiger partial charge is 0.507 e. The molecular formula is C18H13BrFNO3. The van der Waals surface area contributed by atoms with Crippen molar-refractivity contribution in [2.24, 2.45) is 0 Å². The van der Waals surface area contributed by atoms with Crippen molar-refractivity contribution >= 4 is 33.4 Å². The van der Waals surface area contributed by atoms with Crippen LogP contribution in [0.5, 0.6) is 0 Å². The second-order valence-electron chi connectivity index (χ2n) is 5.44. The lowest BCUT2D eigenvalue weighted by Gasteiger charge is -2.21. The highest BCUT2D eigenvalue weighted by Gasteiger charge is 2.45. The van der Waals surface area contributed by atoms with Gasteiger partial charge in [0.2, 0.25) is 0 Å². The number of carbonyl (C=O) groups excluding carboxylic acids is 2. The van der Waals surface area contributed by atoms with Crippen LogP contribution in [-0.2, 0) is 9.59 Å². The molecule has 1 aliphatic rings. The van der Waals surface area contributed by atoms with Gasteiger partial charge in [-0.25, -0.2) is 4.39 Å². The van der Waals surface area contributed by atoms with Gasteiger partial charge in [-0.15, -0.1) is 0 Å². The third-order valence-electron chi connectivity index (χ3n) is 3.99. The zero-order valence-corrected chi connectivity index (χ0v) is 14.2. The van der Waals surface area contributed by atoms with Crippen LogP contribution in [0.1, 0.15) is 17.2 Å². The Bertz CT molecular complexity index is 861. The van der Waals surface area contributed by atoms with Crippen molar-refractivity contribution in [3.05, 3.63) is 75.5 Å². The van der Waals surface area contributed by atoms with Gasteiger partial charge in [0.25, 0.3) is 11.7 Å². The van der Waals surface area contributed by atoms with Crippen LogP contribution in [0.25, 0.3) is 5.76 Å². The average molecular weight is 390 g/mol. The lowest BCUT2D eigenvalue weighted by atomic mass is 9.95. The fourth-order valence-corrected chi connectivity index (χ4v) is 3.04. The van der Waals surface area contributed by atoms with E-state index < -0.39 is 23.5 Å². The van der Waals surface area contributed by atoms with Crippen molar-refractivity contribution in [2.45, 2.75) is 6.04 Å². The number of likely N-dealkylation sites (N-methyl/N-ethyl adjacent to an activating group) is 1. The number of amides is 1. The maximum atomic E-state index is 14.2. The molecule has 6 heteroatoms. The lowest BCUT2D eigenvalue weighted by Crippen LogP contribution is -2.25. The van der Waals surface area contributed by atoms with Crippen LogP contribution >= 0.6 is 15.9 Å². The number of hydrogen-bond donors (Lipinski definition) is 1. The molecule has 2 aromatic rings. The lowest BCUT2D eigenvalue weighted by molar-refractivity contribution is -0.139. The number of carbonyl (C=O) groups is 2. The van der Waals surface area contributed by atoms with Crippen molar-refractivity contribution < 1.29 is 19.1 Å². The molecule has 0 spiro atoms. The number of Topliss-reactive ketones (excluding diaryl/α,β-unsaturated/α-hetero) is 1. The van der Waals surface area contributed by atoms with E-state index in [0.717, 1.165) is 9.37 Å². The van der Waals surface area contributed by atoms with Gasteiger partial charge in [0.1, 0.15) is 11.6 Å². The predicted octanol–water partition coefficient (Wildman–Crippen LogP) is 3.64. The molecule has 122 valence electrons. The summed E-state index contributed by atoms with van der Waals surface area (Å²) >= 11 is 3.29. The van der Waals surface area contributed by atoms with Gasteiger partial charge in [0.15, 0.2) is 0 Å². The first-order valence-electron chi connectivity index (χ1n) is 7.16. The van der Waals surface area contributed by atoms with Crippen LogP contribution in [0.2, 0.25) is 0 Å². The van der Waals surface area contributed by atoms with Crippen molar-refractivity contribution in [1.29, 1.82) is 0 Å². The molecule has 1 heterocycles. The molecule has 0 unspecified atom stereocenters. The minimum Gasteiger partial charge on any atom is -0.507 e. The first-order valence-corrected chi connectivity index (χ1v) is 7.96. The van der Waals surface area contributed by atoms with E-state index in [0.29, 0.717) is 5.56 Å². The van der Waals surface area contributed by atoms with Gasteiger partial charge in [-0.3, -0.25) is 9.59 Å². The van der Waals surface area contributed by atoms with E-state index in [1.165, 1.54) is 25.2 Å². The summed E-state index contributed by atoms with van der Waals surface area (Å²) in [6, 6.07) is 11.6. The predicted molar refractivity (Wildman–Crippen MR) is 90.6 cm³/mol. The van der Waals surface area contributed by atoms with Gasteiger partial charge in [0.05, 0.1) is 11.6 Å². The van der Waals surface area contributed by atoms with Crippen molar-refractivity contribution in [2.75, 3.05) is 7.05 Å². The molecule has 4 nitrogen and oxygen atoms in total. The molecule has 1 atom stereocenters. The Morgan fingerprint density at radius 3 is 2.38 bits per heavy atom. The van der Waals surface area contributed by atoms with Crippen molar-refractivity contribution in [3.63, 3.8) is 0 Å². The van der Waals surface area contributed by atoms with E-state index in [4.69, 9.17) is 0 Å². The summed E-state index contributed by atoms with van der Waals surface area (Å²) in [5.41, 5.74) is 0.429. The first kappa shape index (κ1) is 16.4. The molecule has 0 radical (unpaired) electrons. The third-order valence-corrected chi connectivity index (χ3v) is 4.52. The van der Waals surface area contributed by atoms with Crippen molar-refractivity contribution in [3.8, 4) is 0 Å². The number of ketones is 1. The number of aliphatic hydroxyl groups is 1. The highest BCUT2D eigenvalue weighted by atomic mass is 79.9. The van der Waals surface area contributed by atoms with Crippen LogP contribution in [0.15, 0.2) is 58.6 Å². The Labute approximate surface area is 146 Å².